The van der Waals surface area contributed by atoms with E-state index in [0.717, 1.165) is 16.1 Å². The van der Waals surface area contributed by atoms with E-state index in [0.29, 0.717) is 23.4 Å². The number of hydrogen-bond acceptors (Lipinski definition) is 6. The minimum Gasteiger partial charge on any atom is -0.478 e. The summed E-state index contributed by atoms with van der Waals surface area (Å²) in [6.07, 6.45) is 2.30. The predicted molar refractivity (Wildman–Crippen MR) is 88.5 cm³/mol. The molecule has 1 aromatic carbocycles. The van der Waals surface area contributed by atoms with Gasteiger partial charge in [-0.2, -0.15) is 4.98 Å². The largest absolute Gasteiger partial charge is 0.478 e. The third-order valence-corrected chi connectivity index (χ3v) is 4.44. The van der Waals surface area contributed by atoms with Crippen LogP contribution in [0.5, 0.6) is 0 Å². The van der Waals surface area contributed by atoms with Gasteiger partial charge in [-0.15, -0.1) is 11.8 Å². The smallest absolute Gasteiger partial charge is 0.336 e. The molecule has 0 aliphatic carbocycles. The van der Waals surface area contributed by atoms with Crippen molar-refractivity contribution in [3.05, 3.63) is 41.9 Å². The van der Waals surface area contributed by atoms with Gasteiger partial charge in [0.2, 0.25) is 5.95 Å². The summed E-state index contributed by atoms with van der Waals surface area (Å²) in [7, 11) is 1.85. The lowest BCUT2D eigenvalue weighted by atomic mass is 10.2. The normalized spacial score (nSPS) is 11.0. The number of carboxylic acid groups (broad SMARTS) is 1. The maximum atomic E-state index is 11.2. The Morgan fingerprint density at radius 3 is 2.91 bits per heavy atom. The molecule has 0 bridgehead atoms. The zero-order chi connectivity index (χ0) is 16.4. The monoisotopic (exact) mass is 329 g/mol. The van der Waals surface area contributed by atoms with Gasteiger partial charge in [-0.05, 0) is 12.1 Å². The van der Waals surface area contributed by atoms with E-state index in [1.165, 1.54) is 11.8 Å². The van der Waals surface area contributed by atoms with Crippen LogP contribution >= 0.6 is 11.8 Å². The predicted octanol–water partition coefficient (Wildman–Crippen LogP) is 1.98. The highest BCUT2D eigenvalue weighted by Gasteiger charge is 2.12. The third-order valence-electron chi connectivity index (χ3n) is 3.36. The molecular formula is C15H15N5O2S. The van der Waals surface area contributed by atoms with Crippen molar-refractivity contribution in [2.24, 2.45) is 7.05 Å². The molecule has 2 heterocycles. The number of carboxylic acids is 1. The van der Waals surface area contributed by atoms with Crippen molar-refractivity contribution in [3.63, 3.8) is 0 Å². The number of nitrogen functional groups attached to an aromatic ring is 1. The molecule has 3 rings (SSSR count). The molecule has 0 fully saturated rings. The van der Waals surface area contributed by atoms with E-state index in [9.17, 15) is 9.90 Å². The lowest BCUT2D eigenvalue weighted by molar-refractivity contribution is 0.0693. The van der Waals surface area contributed by atoms with Gasteiger partial charge in [0.05, 0.1) is 17.6 Å². The van der Waals surface area contributed by atoms with Crippen molar-refractivity contribution in [1.82, 2.24) is 19.5 Å². The van der Waals surface area contributed by atoms with Gasteiger partial charge >= 0.3 is 5.97 Å². The zero-order valence-electron chi connectivity index (χ0n) is 12.4. The highest BCUT2D eigenvalue weighted by Crippen LogP contribution is 2.24. The molecular weight excluding hydrogens is 314 g/mol. The molecule has 0 radical (unpaired) electrons. The van der Waals surface area contributed by atoms with Crippen molar-refractivity contribution in [3.8, 4) is 0 Å². The van der Waals surface area contributed by atoms with Gasteiger partial charge in [0.1, 0.15) is 5.52 Å². The molecule has 0 saturated heterocycles. The van der Waals surface area contributed by atoms with E-state index in [-0.39, 0.29) is 5.95 Å². The summed E-state index contributed by atoms with van der Waals surface area (Å²) in [5, 5.41) is 9.20. The van der Waals surface area contributed by atoms with Crippen molar-refractivity contribution in [2.75, 3.05) is 11.5 Å². The van der Waals surface area contributed by atoms with Crippen LogP contribution in [-0.2, 0) is 13.5 Å². The summed E-state index contributed by atoms with van der Waals surface area (Å²) in [5.41, 5.74) is 8.26. The van der Waals surface area contributed by atoms with Gasteiger partial charge in [-0.3, -0.25) is 0 Å². The summed E-state index contributed by atoms with van der Waals surface area (Å²) >= 11 is 1.47. The topological polar surface area (TPSA) is 107 Å². The van der Waals surface area contributed by atoms with Crippen LogP contribution in [0.4, 0.5) is 5.95 Å². The average Bonchev–Trinajstić information content (AvgIpc) is 2.89. The molecule has 3 N–H and O–H groups in total. The van der Waals surface area contributed by atoms with Gasteiger partial charge in [0, 0.05) is 24.1 Å². The number of fused-ring (bicyclic) bond motifs is 1. The Bertz CT molecular complexity index is 877. The van der Waals surface area contributed by atoms with Crippen LogP contribution in [0.2, 0.25) is 0 Å². The van der Waals surface area contributed by atoms with Crippen LogP contribution in [0.25, 0.3) is 11.2 Å². The van der Waals surface area contributed by atoms with Crippen molar-refractivity contribution < 1.29 is 9.90 Å². The van der Waals surface area contributed by atoms with E-state index < -0.39 is 5.97 Å². The standard InChI is InChI=1S/C15H15N5O2S/c1-20-8-17-12-10(18-15(16)19-13(12)20)6-7-23-11-5-3-2-4-9(11)14(21)22/h2-5,8H,6-7H2,1H3,(H,21,22)(H2,16,18,19). The van der Waals surface area contributed by atoms with E-state index in [1.807, 2.05) is 13.1 Å². The second-order valence-electron chi connectivity index (χ2n) is 4.96. The summed E-state index contributed by atoms with van der Waals surface area (Å²) in [5.74, 6) is -0.0367. The minimum absolute atomic E-state index is 0.215. The fraction of sp³-hybridized carbons (Fsp3) is 0.200. The quantitative estimate of drug-likeness (QED) is 0.689. The minimum atomic E-state index is -0.925. The SMILES string of the molecule is Cn1cnc2c(CCSc3ccccc3C(=O)O)nc(N)nc21. The fourth-order valence-corrected chi connectivity index (χ4v) is 3.29. The average molecular weight is 329 g/mol. The van der Waals surface area contributed by atoms with Crippen molar-refractivity contribution in [2.45, 2.75) is 11.3 Å². The van der Waals surface area contributed by atoms with E-state index in [1.54, 1.807) is 29.1 Å². The number of nitrogens with zero attached hydrogens (tertiary/aromatic N) is 4. The second kappa shape index (κ2) is 6.25. The van der Waals surface area contributed by atoms with Gasteiger partial charge in [-0.25, -0.2) is 14.8 Å². The lowest BCUT2D eigenvalue weighted by Crippen LogP contribution is -2.04. The maximum absolute atomic E-state index is 11.2. The number of benzene rings is 1. The maximum Gasteiger partial charge on any atom is 0.336 e. The number of rotatable bonds is 5. The zero-order valence-corrected chi connectivity index (χ0v) is 13.2. The number of aromatic nitrogens is 4. The van der Waals surface area contributed by atoms with Crippen LogP contribution in [0.1, 0.15) is 16.1 Å². The summed E-state index contributed by atoms with van der Waals surface area (Å²) in [4.78, 5) is 24.7. The first-order valence-corrected chi connectivity index (χ1v) is 7.93. The Labute approximate surface area is 136 Å². The highest BCUT2D eigenvalue weighted by atomic mass is 32.2. The lowest BCUT2D eigenvalue weighted by Gasteiger charge is -2.06. The molecule has 118 valence electrons. The molecule has 7 nitrogen and oxygen atoms in total. The molecule has 0 saturated carbocycles. The number of aryl methyl sites for hydroxylation is 2. The second-order valence-corrected chi connectivity index (χ2v) is 6.09. The molecule has 2 aromatic heterocycles. The Morgan fingerprint density at radius 2 is 2.13 bits per heavy atom. The number of hydrogen-bond donors (Lipinski definition) is 2. The van der Waals surface area contributed by atoms with Crippen LogP contribution in [0.15, 0.2) is 35.5 Å². The number of thioether (sulfide) groups is 1. The Hall–Kier alpha value is -2.61. The third kappa shape index (κ3) is 3.11. The first-order chi connectivity index (χ1) is 11.1. The van der Waals surface area contributed by atoms with Gasteiger partial charge < -0.3 is 15.4 Å². The molecule has 0 amide bonds. The number of imidazole rings is 1. The molecule has 0 atom stereocenters. The highest BCUT2D eigenvalue weighted by molar-refractivity contribution is 7.99. The van der Waals surface area contributed by atoms with Crippen molar-refractivity contribution >= 4 is 34.8 Å². The first-order valence-electron chi connectivity index (χ1n) is 6.95. The van der Waals surface area contributed by atoms with E-state index in [4.69, 9.17) is 5.73 Å². The molecule has 3 aromatic rings. The Balaban J connectivity index is 1.79. The van der Waals surface area contributed by atoms with E-state index >= 15 is 0 Å². The number of aromatic carboxylic acids is 1. The van der Waals surface area contributed by atoms with E-state index in [2.05, 4.69) is 15.0 Å². The van der Waals surface area contributed by atoms with Crippen LogP contribution in [0.3, 0.4) is 0 Å². The van der Waals surface area contributed by atoms with Crippen LogP contribution in [0, 0.1) is 0 Å². The van der Waals surface area contributed by atoms with Crippen molar-refractivity contribution in [1.29, 1.82) is 0 Å². The van der Waals surface area contributed by atoms with Gasteiger partial charge in [0.15, 0.2) is 5.65 Å². The molecule has 0 aliphatic rings. The van der Waals surface area contributed by atoms with Gasteiger partial charge in [0.25, 0.3) is 0 Å². The Morgan fingerprint density at radius 1 is 1.35 bits per heavy atom. The first kappa shape index (κ1) is 15.3. The molecule has 8 heteroatoms. The van der Waals surface area contributed by atoms with Gasteiger partial charge in [-0.1, -0.05) is 12.1 Å². The summed E-state index contributed by atoms with van der Waals surface area (Å²) < 4.78 is 1.80. The number of nitrogens with two attached hydrogens (primary N) is 1. The van der Waals surface area contributed by atoms with Crippen LogP contribution in [-0.4, -0.2) is 36.3 Å². The number of carbonyl (C=O) groups is 1. The molecule has 0 unspecified atom stereocenters. The van der Waals surface area contributed by atoms with Crippen LogP contribution < -0.4 is 5.73 Å². The molecule has 0 spiro atoms. The Kier molecular flexibility index (Phi) is 4.16. The summed E-state index contributed by atoms with van der Waals surface area (Å²) in [6.45, 7) is 0. The molecule has 23 heavy (non-hydrogen) atoms. The number of anilines is 1. The fourth-order valence-electron chi connectivity index (χ4n) is 2.29. The molecule has 0 aliphatic heterocycles. The summed E-state index contributed by atoms with van der Waals surface area (Å²) in [6, 6.07) is 6.95.